The van der Waals surface area contributed by atoms with Crippen LogP contribution in [-0.4, -0.2) is 52.4 Å². The maximum atomic E-state index is 13.0. The van der Waals surface area contributed by atoms with Crippen LogP contribution in [0, 0.1) is 6.92 Å². The first-order valence-electron chi connectivity index (χ1n) is 10.6. The summed E-state index contributed by atoms with van der Waals surface area (Å²) in [5.41, 5.74) is 1.64. The van der Waals surface area contributed by atoms with Gasteiger partial charge in [0.25, 0.3) is 0 Å². The predicted octanol–water partition coefficient (Wildman–Crippen LogP) is 3.01. The molecule has 0 spiro atoms. The zero-order valence-corrected chi connectivity index (χ0v) is 19.9. The van der Waals surface area contributed by atoms with Crippen molar-refractivity contribution in [2.75, 3.05) is 36.0 Å². The van der Waals surface area contributed by atoms with Gasteiger partial charge in [-0.1, -0.05) is 19.4 Å². The van der Waals surface area contributed by atoms with Gasteiger partial charge in [-0.25, -0.2) is 16.8 Å². The number of piperidine rings is 1. The van der Waals surface area contributed by atoms with Gasteiger partial charge in [-0.15, -0.1) is 0 Å². The minimum Gasteiger partial charge on any atom is -0.376 e. The fourth-order valence-electron chi connectivity index (χ4n) is 3.53. The Labute approximate surface area is 190 Å². The summed E-state index contributed by atoms with van der Waals surface area (Å²) in [6, 6.07) is 11.1. The molecule has 3 rings (SSSR count). The maximum Gasteiger partial charge on any atom is 0.243 e. The summed E-state index contributed by atoms with van der Waals surface area (Å²) < 4.78 is 51.3. The van der Waals surface area contributed by atoms with Gasteiger partial charge in [0.05, 0.1) is 22.1 Å². The van der Waals surface area contributed by atoms with Crippen molar-refractivity contribution in [3.05, 3.63) is 48.0 Å². The zero-order valence-electron chi connectivity index (χ0n) is 18.3. The molecule has 174 valence electrons. The van der Waals surface area contributed by atoms with E-state index in [1.165, 1.54) is 22.5 Å². The van der Waals surface area contributed by atoms with Crippen LogP contribution in [0.5, 0.6) is 0 Å². The Morgan fingerprint density at radius 1 is 0.938 bits per heavy atom. The molecular formula is C22H29N3O5S2. The smallest absolute Gasteiger partial charge is 0.243 e. The normalized spacial score (nSPS) is 15.3. The van der Waals surface area contributed by atoms with E-state index in [9.17, 15) is 21.6 Å². The molecule has 10 heteroatoms. The third-order valence-corrected chi connectivity index (χ3v) is 9.24. The highest BCUT2D eigenvalue weighted by molar-refractivity contribution is 7.91. The number of aryl methyl sites for hydroxylation is 1. The summed E-state index contributed by atoms with van der Waals surface area (Å²) in [6.45, 7) is 4.30. The monoisotopic (exact) mass is 479 g/mol. The number of amides is 1. The Balaban J connectivity index is 1.65. The molecule has 1 heterocycles. The molecule has 1 fully saturated rings. The van der Waals surface area contributed by atoms with E-state index in [0.29, 0.717) is 30.0 Å². The van der Waals surface area contributed by atoms with Crippen molar-refractivity contribution in [2.45, 2.75) is 42.9 Å². The van der Waals surface area contributed by atoms with Crippen molar-refractivity contribution in [3.63, 3.8) is 0 Å². The second kappa shape index (κ2) is 10.0. The van der Waals surface area contributed by atoms with Gasteiger partial charge < -0.3 is 10.6 Å². The van der Waals surface area contributed by atoms with Gasteiger partial charge in [-0.05, 0) is 61.7 Å². The van der Waals surface area contributed by atoms with E-state index in [1.807, 2.05) is 0 Å². The first-order valence-corrected chi connectivity index (χ1v) is 13.7. The topological polar surface area (TPSA) is 113 Å². The number of nitrogens with zero attached hydrogens (tertiary/aromatic N) is 1. The predicted molar refractivity (Wildman–Crippen MR) is 125 cm³/mol. The average Bonchev–Trinajstić information content (AvgIpc) is 2.79. The van der Waals surface area contributed by atoms with E-state index < -0.39 is 19.9 Å². The molecule has 2 aromatic rings. The van der Waals surface area contributed by atoms with Crippen molar-refractivity contribution >= 4 is 37.1 Å². The standard InChI is InChI=1S/C22H29N3O5S2/c1-3-31(27,28)20-11-9-18(10-12-20)23-16-22(26)24-19-8-7-17(2)21(15-19)32(29,30)25-13-5-4-6-14-25/h7-12,15,23H,3-6,13-14,16H2,1-2H3,(H,24,26). The number of rotatable bonds is 8. The summed E-state index contributed by atoms with van der Waals surface area (Å²) in [5.74, 6) is -0.325. The highest BCUT2D eigenvalue weighted by atomic mass is 32.2. The van der Waals surface area contributed by atoms with E-state index in [4.69, 9.17) is 0 Å². The number of hydrogen-bond donors (Lipinski definition) is 2. The summed E-state index contributed by atoms with van der Waals surface area (Å²) in [6.07, 6.45) is 2.74. The molecule has 1 aliphatic rings. The number of carbonyl (C=O) groups excluding carboxylic acids is 1. The van der Waals surface area contributed by atoms with Crippen LogP contribution in [0.15, 0.2) is 52.3 Å². The van der Waals surface area contributed by atoms with E-state index in [2.05, 4.69) is 10.6 Å². The molecule has 1 amide bonds. The molecule has 2 N–H and O–H groups in total. The minimum atomic E-state index is -3.61. The third-order valence-electron chi connectivity index (χ3n) is 5.45. The van der Waals surface area contributed by atoms with Gasteiger partial charge in [0.1, 0.15) is 0 Å². The lowest BCUT2D eigenvalue weighted by atomic mass is 10.2. The van der Waals surface area contributed by atoms with Crippen molar-refractivity contribution in [2.24, 2.45) is 0 Å². The van der Waals surface area contributed by atoms with E-state index >= 15 is 0 Å². The summed E-state index contributed by atoms with van der Waals surface area (Å²) in [7, 11) is -6.88. The van der Waals surface area contributed by atoms with Crippen LogP contribution in [0.4, 0.5) is 11.4 Å². The Hall–Kier alpha value is -2.43. The Bertz CT molecular complexity index is 1170. The number of hydrogen-bond acceptors (Lipinski definition) is 6. The van der Waals surface area contributed by atoms with Crippen molar-refractivity contribution in [1.29, 1.82) is 0 Å². The first kappa shape index (κ1) is 24.2. The lowest BCUT2D eigenvalue weighted by molar-refractivity contribution is -0.114. The van der Waals surface area contributed by atoms with Gasteiger partial charge >= 0.3 is 0 Å². The molecule has 32 heavy (non-hydrogen) atoms. The largest absolute Gasteiger partial charge is 0.376 e. The molecule has 0 radical (unpaired) electrons. The van der Waals surface area contributed by atoms with Crippen molar-refractivity contribution in [1.82, 2.24) is 4.31 Å². The second-order valence-corrected chi connectivity index (χ2v) is 12.0. The highest BCUT2D eigenvalue weighted by Crippen LogP contribution is 2.26. The molecule has 0 atom stereocenters. The third kappa shape index (κ3) is 5.67. The van der Waals surface area contributed by atoms with Crippen molar-refractivity contribution < 1.29 is 21.6 Å². The van der Waals surface area contributed by atoms with E-state index in [0.717, 1.165) is 19.3 Å². The number of sulfone groups is 1. The summed E-state index contributed by atoms with van der Waals surface area (Å²) in [5, 5.41) is 5.66. The molecule has 0 saturated carbocycles. The van der Waals surface area contributed by atoms with Crippen molar-refractivity contribution in [3.8, 4) is 0 Å². The number of anilines is 2. The van der Waals surface area contributed by atoms with E-state index in [-0.39, 0.29) is 28.0 Å². The molecule has 0 unspecified atom stereocenters. The number of benzene rings is 2. The number of sulfonamides is 1. The summed E-state index contributed by atoms with van der Waals surface area (Å²) in [4.78, 5) is 12.8. The quantitative estimate of drug-likeness (QED) is 0.602. The zero-order chi connectivity index (χ0) is 23.4. The maximum absolute atomic E-state index is 13.0. The fraction of sp³-hybridized carbons (Fsp3) is 0.409. The minimum absolute atomic E-state index is 0.0220. The highest BCUT2D eigenvalue weighted by Gasteiger charge is 2.27. The van der Waals surface area contributed by atoms with Crippen LogP contribution in [0.2, 0.25) is 0 Å². The van der Waals surface area contributed by atoms with Gasteiger partial charge in [0.15, 0.2) is 9.84 Å². The first-order chi connectivity index (χ1) is 15.1. The van der Waals surface area contributed by atoms with Gasteiger partial charge in [-0.3, -0.25) is 4.79 Å². The fourth-order valence-corrected chi connectivity index (χ4v) is 6.19. The van der Waals surface area contributed by atoms with Crippen LogP contribution in [0.25, 0.3) is 0 Å². The summed E-state index contributed by atoms with van der Waals surface area (Å²) >= 11 is 0. The van der Waals surface area contributed by atoms with Gasteiger partial charge in [0, 0.05) is 24.5 Å². The Morgan fingerprint density at radius 2 is 1.56 bits per heavy atom. The Morgan fingerprint density at radius 3 is 2.19 bits per heavy atom. The van der Waals surface area contributed by atoms with Gasteiger partial charge in [-0.2, -0.15) is 4.31 Å². The van der Waals surface area contributed by atoms with E-state index in [1.54, 1.807) is 38.1 Å². The lowest BCUT2D eigenvalue weighted by Crippen LogP contribution is -2.36. The molecule has 0 aliphatic carbocycles. The van der Waals surface area contributed by atoms with Crippen LogP contribution in [0.1, 0.15) is 31.7 Å². The van der Waals surface area contributed by atoms with Crippen LogP contribution in [-0.2, 0) is 24.7 Å². The number of nitrogens with one attached hydrogen (secondary N) is 2. The average molecular weight is 480 g/mol. The molecule has 0 bridgehead atoms. The molecule has 0 aromatic heterocycles. The van der Waals surface area contributed by atoms with Crippen LogP contribution in [0.3, 0.4) is 0 Å². The molecule has 1 saturated heterocycles. The molecule has 1 aliphatic heterocycles. The number of carbonyl (C=O) groups is 1. The lowest BCUT2D eigenvalue weighted by Gasteiger charge is -2.26. The second-order valence-electron chi connectivity index (χ2n) is 7.77. The Kier molecular flexibility index (Phi) is 7.58. The molecule has 2 aromatic carbocycles. The molecule has 8 nitrogen and oxygen atoms in total. The SMILES string of the molecule is CCS(=O)(=O)c1ccc(NCC(=O)Nc2ccc(C)c(S(=O)(=O)N3CCCCC3)c2)cc1. The van der Waals surface area contributed by atoms with Gasteiger partial charge in [0.2, 0.25) is 15.9 Å². The molecular weight excluding hydrogens is 450 g/mol. The van der Waals surface area contributed by atoms with Crippen LogP contribution < -0.4 is 10.6 Å². The van der Waals surface area contributed by atoms with Crippen LogP contribution >= 0.6 is 0 Å².